The maximum Gasteiger partial charge on any atom is 3.00 e. The van der Waals surface area contributed by atoms with Gasteiger partial charge < -0.3 is 0 Å². The van der Waals surface area contributed by atoms with E-state index >= 15 is 0 Å². The fraction of sp³-hybridized carbons (Fsp3) is 0.222. The van der Waals surface area contributed by atoms with Crippen molar-refractivity contribution in [3.05, 3.63) is 178 Å². The number of hydrogen-bond acceptors (Lipinski definition) is 0. The second-order valence-corrected chi connectivity index (χ2v) is 16.6. The van der Waals surface area contributed by atoms with Crippen LogP contribution >= 0.6 is 0 Å². The van der Waals surface area contributed by atoms with E-state index in [1.807, 2.05) is 6.07 Å². The maximum absolute atomic E-state index is 3.31. The van der Waals surface area contributed by atoms with Crippen molar-refractivity contribution in [3.8, 4) is 33.4 Å². The Bertz CT molecular complexity index is 2430. The van der Waals surface area contributed by atoms with Gasteiger partial charge in [-0.15, -0.1) is 74.6 Å². The van der Waals surface area contributed by atoms with Gasteiger partial charge in [-0.1, -0.05) is 109 Å². The molecule has 8 aromatic carbocycles. The second kappa shape index (κ2) is 18.3. The van der Waals surface area contributed by atoms with E-state index in [2.05, 4.69) is 183 Å². The molecule has 0 amide bonds. The molecule has 3 radical (unpaired) electrons. The Morgan fingerprint density at radius 2 is 0.964 bits per heavy atom. The molecule has 0 atom stereocenters. The largest absolute Gasteiger partial charge is 3.00 e. The van der Waals surface area contributed by atoms with Crippen molar-refractivity contribution >= 4 is 41.4 Å². The molecule has 0 saturated carbocycles. The van der Waals surface area contributed by atoms with E-state index in [9.17, 15) is 0 Å². The van der Waals surface area contributed by atoms with Crippen molar-refractivity contribution in [1.29, 1.82) is 0 Å². The molecular weight excluding hydrogens is 768 g/mol. The van der Waals surface area contributed by atoms with Gasteiger partial charge in [-0.3, -0.25) is 0 Å². The number of hydrogen-bond donors (Lipinski definition) is 0. The molecule has 0 saturated heterocycles. The maximum atomic E-state index is 3.31. The first-order valence-corrected chi connectivity index (χ1v) is 21.1. The normalized spacial score (nSPS) is 11.3. The summed E-state index contributed by atoms with van der Waals surface area (Å²) in [6.07, 6.45) is 4.74. The molecule has 0 spiro atoms. The van der Waals surface area contributed by atoms with Crippen LogP contribution in [0.2, 0.25) is 0 Å². The predicted octanol–water partition coefficient (Wildman–Crippen LogP) is 13.3. The van der Waals surface area contributed by atoms with Gasteiger partial charge in [0.1, 0.15) is 0 Å². The molecule has 1 heterocycles. The molecule has 0 nitrogen and oxygen atoms in total. The first kappa shape index (κ1) is 41.3. The van der Waals surface area contributed by atoms with Crippen molar-refractivity contribution < 1.29 is 26.2 Å². The Labute approximate surface area is 357 Å². The van der Waals surface area contributed by atoms with Crippen molar-refractivity contribution in [2.75, 3.05) is 0 Å². The molecule has 8 aromatic rings. The molecule has 56 heavy (non-hydrogen) atoms. The molecule has 0 N–H and O–H groups in total. The monoisotopic (exact) mass is 819 g/mol. The van der Waals surface area contributed by atoms with E-state index in [1.165, 1.54) is 135 Å². The molecular formula is C54H53SiZr. The van der Waals surface area contributed by atoms with E-state index in [1.54, 1.807) is 0 Å². The minimum atomic E-state index is 0. The van der Waals surface area contributed by atoms with Gasteiger partial charge in [0.15, 0.2) is 0 Å². The summed E-state index contributed by atoms with van der Waals surface area (Å²) in [6.45, 7) is 17.8. The number of benzene rings is 6. The third-order valence-electron chi connectivity index (χ3n) is 11.7. The smallest absolute Gasteiger partial charge is 0.184 e. The van der Waals surface area contributed by atoms with Crippen molar-refractivity contribution in [2.45, 2.75) is 81.1 Å². The summed E-state index contributed by atoms with van der Waals surface area (Å²) in [7, 11) is 0.795. The Morgan fingerprint density at radius 3 is 1.48 bits per heavy atom. The van der Waals surface area contributed by atoms with E-state index in [0.717, 1.165) is 9.52 Å². The first-order valence-electron chi connectivity index (χ1n) is 20.1. The summed E-state index contributed by atoms with van der Waals surface area (Å²) in [5.41, 5.74) is 19.5. The molecule has 0 aromatic heterocycles. The standard InChI is InChI=1S/2C21H23.C12H7Si.Zr/c2*1-5-7-17-12-18-8-6-9-20(21(18)13-17)19-11-10-14(2)15(3)16(19)4;1-3-7-11-9(5-1)10-6-2-4-8-12(10)13-11;/h2*6,8-13H,5,7H2,1-4H3;1-7H;/q3*-1;+3. The molecule has 277 valence electrons. The van der Waals surface area contributed by atoms with Crippen LogP contribution in [0.3, 0.4) is 0 Å². The van der Waals surface area contributed by atoms with Crippen LogP contribution in [0, 0.1) is 47.6 Å². The summed E-state index contributed by atoms with van der Waals surface area (Å²) < 4.78 is 0. The quantitative estimate of drug-likeness (QED) is 0.116. The van der Waals surface area contributed by atoms with E-state index in [-0.39, 0.29) is 26.2 Å². The topological polar surface area (TPSA) is 0 Å². The van der Waals surface area contributed by atoms with Gasteiger partial charge in [0.05, 0.1) is 9.52 Å². The second-order valence-electron chi connectivity index (χ2n) is 15.3. The van der Waals surface area contributed by atoms with E-state index in [4.69, 9.17) is 0 Å². The summed E-state index contributed by atoms with van der Waals surface area (Å²) in [5.74, 6) is 0. The van der Waals surface area contributed by atoms with Crippen LogP contribution < -0.4 is 10.4 Å². The van der Waals surface area contributed by atoms with Gasteiger partial charge in [0.2, 0.25) is 0 Å². The van der Waals surface area contributed by atoms with Crippen LogP contribution in [-0.4, -0.2) is 9.52 Å². The molecule has 0 aliphatic carbocycles. The first-order chi connectivity index (χ1) is 26.7. The van der Waals surface area contributed by atoms with Crippen LogP contribution in [0.5, 0.6) is 0 Å². The van der Waals surface area contributed by atoms with Gasteiger partial charge in [0.25, 0.3) is 0 Å². The van der Waals surface area contributed by atoms with Crippen LogP contribution in [0.25, 0.3) is 54.9 Å². The molecule has 1 aliphatic rings. The van der Waals surface area contributed by atoms with Crippen molar-refractivity contribution in [1.82, 2.24) is 0 Å². The minimum absolute atomic E-state index is 0. The summed E-state index contributed by atoms with van der Waals surface area (Å²) in [6, 6.07) is 50.0. The molecule has 0 fully saturated rings. The van der Waals surface area contributed by atoms with Gasteiger partial charge in [-0.25, -0.2) is 0 Å². The van der Waals surface area contributed by atoms with Gasteiger partial charge in [-0.05, 0) is 98.9 Å². The Balaban J connectivity index is 0.000000145. The third-order valence-corrected chi connectivity index (χ3v) is 13.1. The van der Waals surface area contributed by atoms with Crippen molar-refractivity contribution in [2.24, 2.45) is 0 Å². The fourth-order valence-corrected chi connectivity index (χ4v) is 9.46. The molecule has 1 aliphatic heterocycles. The van der Waals surface area contributed by atoms with Gasteiger partial charge >= 0.3 is 26.2 Å². The average Bonchev–Trinajstić information content (AvgIpc) is 3.92. The number of rotatable bonds is 6. The Morgan fingerprint density at radius 1 is 0.482 bits per heavy atom. The van der Waals surface area contributed by atoms with Gasteiger partial charge in [-0.2, -0.15) is 41.6 Å². The number of fused-ring (bicyclic) bond motifs is 5. The van der Waals surface area contributed by atoms with E-state index < -0.39 is 0 Å². The van der Waals surface area contributed by atoms with Crippen LogP contribution in [0.4, 0.5) is 0 Å². The van der Waals surface area contributed by atoms with Crippen molar-refractivity contribution in [3.63, 3.8) is 0 Å². The third kappa shape index (κ3) is 8.49. The Kier molecular flexibility index (Phi) is 13.5. The van der Waals surface area contributed by atoms with E-state index in [0.29, 0.717) is 0 Å². The number of aryl methyl sites for hydroxylation is 4. The zero-order valence-corrected chi connectivity index (χ0v) is 37.9. The molecule has 2 heteroatoms. The van der Waals surface area contributed by atoms with Crippen LogP contribution in [0.1, 0.15) is 71.2 Å². The molecule has 0 bridgehead atoms. The zero-order chi connectivity index (χ0) is 38.6. The Hall–Kier alpha value is -4.36. The molecule has 0 unspecified atom stereocenters. The average molecular weight is 821 g/mol. The zero-order valence-electron chi connectivity index (χ0n) is 34.5. The van der Waals surface area contributed by atoms with Crippen LogP contribution in [-0.2, 0) is 39.0 Å². The minimum Gasteiger partial charge on any atom is -0.184 e. The predicted molar refractivity (Wildman–Crippen MR) is 242 cm³/mol. The SMILES string of the molecule is CCCc1cc2c(-c3ccc(C)c(C)c3C)cccc2[cH-]1.CCCc1cc2c(-c3ccc(C)c(C)c3C)cccc2[cH-]1.[Zr+3].[c-]1cccc2c1[Si]c1ccccc1-2. The van der Waals surface area contributed by atoms with Crippen LogP contribution in [0.15, 0.2) is 127 Å². The summed E-state index contributed by atoms with van der Waals surface area (Å²) in [4.78, 5) is 0. The van der Waals surface area contributed by atoms with Gasteiger partial charge in [0, 0.05) is 0 Å². The molecule has 9 rings (SSSR count). The summed E-state index contributed by atoms with van der Waals surface area (Å²) >= 11 is 0. The fourth-order valence-electron chi connectivity index (χ4n) is 8.15. The summed E-state index contributed by atoms with van der Waals surface area (Å²) in [5, 5.41) is 8.35.